The molecule has 0 N–H and O–H groups in total. The van der Waals surface area contributed by atoms with E-state index in [1.54, 1.807) is 60.7 Å². The van der Waals surface area contributed by atoms with E-state index in [0.29, 0.717) is 99.5 Å². The van der Waals surface area contributed by atoms with Crippen molar-refractivity contribution < 1.29 is 13.2 Å². The Hall–Kier alpha value is -13.5. The predicted molar refractivity (Wildman–Crippen MR) is 321 cm³/mol. The third-order valence-electron chi connectivity index (χ3n) is 15.3. The van der Waals surface area contributed by atoms with Crippen LogP contribution in [0, 0.1) is 94.3 Å². The number of rotatable bonds is 7. The van der Waals surface area contributed by atoms with Crippen molar-refractivity contribution >= 4 is 66.4 Å². The lowest BCUT2D eigenvalue weighted by Gasteiger charge is -2.21. The van der Waals surface area contributed by atoms with Crippen LogP contribution >= 0.6 is 0 Å². The summed E-state index contributed by atoms with van der Waals surface area (Å²) in [5.41, 5.74) is 7.44. The lowest BCUT2D eigenvalue weighted by Crippen LogP contribution is -2.06. The van der Waals surface area contributed by atoms with Gasteiger partial charge in [-0.1, -0.05) is 97.1 Å². The van der Waals surface area contributed by atoms with Crippen LogP contribution < -0.4 is 0 Å². The molecule has 394 valence electrons. The zero-order valence-electron chi connectivity index (χ0n) is 44.2. The average Bonchev–Trinajstić information content (AvgIpc) is 1.62. The topological polar surface area (TPSA) is 170 Å². The first-order valence-corrected chi connectivity index (χ1v) is 25.8. The summed E-state index contributed by atoms with van der Waals surface area (Å²) in [5, 5.41) is 65.3. The highest BCUT2D eigenvalue weighted by Gasteiger charge is 2.32. The highest BCUT2D eigenvalue weighted by atomic mass is 19.4. The van der Waals surface area contributed by atoms with Gasteiger partial charge in [-0.25, -0.2) is 19.4 Å². The number of nitriles is 6. The molecule has 0 spiro atoms. The van der Waals surface area contributed by atoms with Crippen molar-refractivity contribution in [1.82, 2.24) is 9.13 Å². The highest BCUT2D eigenvalue weighted by molar-refractivity contribution is 6.14. The molecule has 12 aromatic rings. The van der Waals surface area contributed by atoms with Crippen LogP contribution in [0.3, 0.4) is 0 Å². The molecule has 10 aromatic carbocycles. The second-order valence-electron chi connectivity index (χ2n) is 19.8. The molecular weight excluding hydrogens is 1080 g/mol. The molecule has 0 fully saturated rings. The molecule has 0 radical (unpaired) electrons. The quantitative estimate of drug-likeness (QED) is 0.144. The number of hydrogen-bond donors (Lipinski definition) is 0. The van der Waals surface area contributed by atoms with Gasteiger partial charge in [0.05, 0.1) is 113 Å². The van der Waals surface area contributed by atoms with Crippen molar-refractivity contribution in [3.8, 4) is 103 Å². The van der Waals surface area contributed by atoms with Gasteiger partial charge in [0.1, 0.15) is 0 Å². The third-order valence-corrected chi connectivity index (χ3v) is 15.3. The van der Waals surface area contributed by atoms with Crippen LogP contribution in [0.15, 0.2) is 176 Å². The Kier molecular flexibility index (Phi) is 12.9. The van der Waals surface area contributed by atoms with Gasteiger partial charge >= 0.3 is 6.18 Å². The van der Waals surface area contributed by atoms with Crippen LogP contribution in [-0.4, -0.2) is 9.13 Å². The molecule has 12 nitrogen and oxygen atoms in total. The Labute approximate surface area is 488 Å². The molecule has 0 aliphatic rings. The Morgan fingerprint density at radius 1 is 0.326 bits per heavy atom. The van der Waals surface area contributed by atoms with Crippen molar-refractivity contribution in [2.45, 2.75) is 6.18 Å². The maximum atomic E-state index is 14.4. The van der Waals surface area contributed by atoms with Gasteiger partial charge in [0.25, 0.3) is 0 Å². The zero-order chi connectivity index (χ0) is 60.1. The van der Waals surface area contributed by atoms with Crippen LogP contribution in [0.2, 0.25) is 0 Å². The first-order valence-electron chi connectivity index (χ1n) is 25.8. The fourth-order valence-electron chi connectivity index (χ4n) is 11.3. The summed E-state index contributed by atoms with van der Waals surface area (Å²) in [5.74, 6) is 0. The number of alkyl halides is 3. The Morgan fingerprint density at radius 3 is 1.12 bits per heavy atom. The molecule has 0 unspecified atom stereocenters. The molecule has 12 rings (SSSR count). The van der Waals surface area contributed by atoms with E-state index in [0.717, 1.165) is 12.1 Å². The molecule has 2 heterocycles. The number of halogens is 3. The van der Waals surface area contributed by atoms with Crippen molar-refractivity contribution in [3.05, 3.63) is 261 Å². The van der Waals surface area contributed by atoms with Gasteiger partial charge in [-0.3, -0.25) is 0 Å². The lowest BCUT2D eigenvalue weighted by atomic mass is 9.95. The molecule has 0 atom stereocenters. The minimum atomic E-state index is -4.82. The van der Waals surface area contributed by atoms with Crippen LogP contribution in [0.25, 0.3) is 130 Å². The molecule has 0 saturated carbocycles. The minimum absolute atomic E-state index is 0.0147. The Morgan fingerprint density at radius 2 is 0.698 bits per heavy atom. The molecule has 15 heteroatoms. The summed E-state index contributed by atoms with van der Waals surface area (Å²) >= 11 is 0. The lowest BCUT2D eigenvalue weighted by molar-refractivity contribution is -0.137. The summed E-state index contributed by atoms with van der Waals surface area (Å²) < 4.78 is 47.1. The number of nitrogens with zero attached hydrogens (tertiary/aromatic N) is 12. The monoisotopic (exact) mass is 1110 g/mol. The van der Waals surface area contributed by atoms with Crippen LogP contribution in [-0.2, 0) is 6.18 Å². The fraction of sp³-hybridized carbons (Fsp3) is 0.0141. The molecule has 0 amide bonds. The zero-order valence-corrected chi connectivity index (χ0v) is 44.2. The maximum absolute atomic E-state index is 14.4. The number of benzene rings is 10. The first-order chi connectivity index (χ1) is 41.8. The van der Waals surface area contributed by atoms with Gasteiger partial charge in [0.2, 0.25) is 0 Å². The van der Waals surface area contributed by atoms with Gasteiger partial charge in [0.15, 0.2) is 22.7 Å². The predicted octanol–water partition coefficient (Wildman–Crippen LogP) is 18.7. The molecule has 0 aliphatic carbocycles. The van der Waals surface area contributed by atoms with Crippen LogP contribution in [0.5, 0.6) is 0 Å². The second kappa shape index (κ2) is 20.9. The average molecular weight is 1110 g/mol. The largest absolute Gasteiger partial charge is 0.415 e. The van der Waals surface area contributed by atoms with Crippen LogP contribution in [0.1, 0.15) is 38.9 Å². The smallest absolute Gasteiger partial charge is 0.307 e. The Bertz CT molecular complexity index is 5230. The Balaban J connectivity index is 1.29. The SMILES string of the molecule is [C-]#[N+]c1ccc(-c2ccc3c4ccc(-c5ccc(C#N)cc5C#N)cc4n(-c4cc(C#N)c(-c5ccc(C(F)(F)F)cc5[N+]#[C-])cc4-n4c5cc(-c6ccc([N+]#[C-])cc6C#N)ccc5c5ccc(-c6ccc(C#N)cc6[N+]#[C-])cc54)c3c2)c(C#N)c1. The molecule has 0 saturated heterocycles. The van der Waals surface area contributed by atoms with Crippen molar-refractivity contribution in [2.24, 2.45) is 0 Å². The van der Waals surface area contributed by atoms with E-state index in [-0.39, 0.29) is 67.3 Å². The van der Waals surface area contributed by atoms with E-state index in [1.807, 2.05) is 81.9 Å². The summed E-state index contributed by atoms with van der Waals surface area (Å²) in [6.45, 7) is 31.8. The van der Waals surface area contributed by atoms with Gasteiger partial charge in [-0.2, -0.15) is 44.7 Å². The normalized spacial score (nSPS) is 10.8. The number of fused-ring (bicyclic) bond motifs is 6. The van der Waals surface area contributed by atoms with E-state index < -0.39 is 11.7 Å². The van der Waals surface area contributed by atoms with E-state index >= 15 is 0 Å². The van der Waals surface area contributed by atoms with E-state index in [1.165, 1.54) is 30.3 Å². The summed E-state index contributed by atoms with van der Waals surface area (Å²) in [6, 6.07) is 60.7. The number of hydrogen-bond acceptors (Lipinski definition) is 6. The van der Waals surface area contributed by atoms with Crippen molar-refractivity contribution in [3.63, 3.8) is 0 Å². The molecule has 2 aromatic heterocycles. The van der Waals surface area contributed by atoms with Gasteiger partial charge < -0.3 is 9.13 Å². The van der Waals surface area contributed by atoms with Crippen molar-refractivity contribution in [1.29, 1.82) is 31.6 Å². The summed E-state index contributed by atoms with van der Waals surface area (Å²) in [7, 11) is 0. The molecule has 0 aliphatic heterocycles. The standard InChI is InChI=1S/C71H29F3N12/c1-81-51-12-21-54(47(25-51)37-78)43-8-17-59-58-16-7-42(53-14-5-40(34-75)23-46(53)36-77)27-65(58)85(66(59)28-43)69-31-49(39-80)62(57-20-11-50(71(72,73)74)32-64(57)84-4)33-70(69)86-67-29-44(55-22-13-52(82-2)26-48(55)38-79)9-18-60(67)61-19-10-45(30-68(61)86)56-15-6-41(35-76)24-63(56)83-3/h5-33H. The highest BCUT2D eigenvalue weighted by Crippen LogP contribution is 2.47. The van der Waals surface area contributed by atoms with E-state index in [2.05, 4.69) is 55.8 Å². The fourth-order valence-corrected chi connectivity index (χ4v) is 11.3. The van der Waals surface area contributed by atoms with E-state index in [9.17, 15) is 44.7 Å². The van der Waals surface area contributed by atoms with Gasteiger partial charge in [0, 0.05) is 43.8 Å². The van der Waals surface area contributed by atoms with Crippen LogP contribution in [0.4, 0.5) is 35.9 Å². The molecule has 0 bridgehead atoms. The maximum Gasteiger partial charge on any atom is 0.415 e. The van der Waals surface area contributed by atoms with Gasteiger partial charge in [-0.05, 0) is 134 Å². The van der Waals surface area contributed by atoms with Gasteiger partial charge in [-0.15, -0.1) is 0 Å². The van der Waals surface area contributed by atoms with E-state index in [4.69, 9.17) is 26.3 Å². The van der Waals surface area contributed by atoms with Crippen molar-refractivity contribution in [2.75, 3.05) is 0 Å². The summed E-state index contributed by atoms with van der Waals surface area (Å²) in [6.07, 6.45) is -4.82. The molecule has 86 heavy (non-hydrogen) atoms. The number of aromatic nitrogens is 2. The first kappa shape index (κ1) is 53.1. The molecular formula is C71H29F3N12. The minimum Gasteiger partial charge on any atom is -0.307 e. The second-order valence-corrected chi connectivity index (χ2v) is 19.8. The summed E-state index contributed by atoms with van der Waals surface area (Å²) in [4.78, 5) is 14.5. The third kappa shape index (κ3) is 8.73.